The molecule has 0 amide bonds. The smallest absolute Gasteiger partial charge is 0.191 e. The van der Waals surface area contributed by atoms with Crippen molar-refractivity contribution in [3.05, 3.63) is 65.0 Å². The van der Waals surface area contributed by atoms with Crippen LogP contribution in [0.5, 0.6) is 11.5 Å². The van der Waals surface area contributed by atoms with Crippen LogP contribution in [0.3, 0.4) is 0 Å². The largest absolute Gasteiger partial charge is 0.493 e. The molecule has 2 heterocycles. The summed E-state index contributed by atoms with van der Waals surface area (Å²) in [5.41, 5.74) is 3.62. The van der Waals surface area contributed by atoms with Gasteiger partial charge in [-0.15, -0.1) is 0 Å². The molecule has 2 aliphatic heterocycles. The maximum atomic E-state index is 6.00. The highest BCUT2D eigenvalue weighted by Crippen LogP contribution is 2.47. The molecule has 2 atom stereocenters. The lowest BCUT2D eigenvalue weighted by atomic mass is 9.94. The molecule has 2 aromatic carbocycles. The van der Waals surface area contributed by atoms with Crippen LogP contribution in [-0.2, 0) is 4.74 Å². The standard InChI is InChI=1S/C20H21NO3/c1-13-16-11-19(23-3)18(22-2)9-15(16)10-20-21(13)17(12-24-20)14-7-5-4-6-8-14/h4-11,13,17H,12H2,1-3H3/t13-,17-/m0/s1. The third-order valence-corrected chi connectivity index (χ3v) is 4.90. The third kappa shape index (κ3) is 2.21. The number of ether oxygens (including phenoxy) is 3. The van der Waals surface area contributed by atoms with Gasteiger partial charge in [-0.2, -0.15) is 0 Å². The molecule has 0 saturated carbocycles. The van der Waals surface area contributed by atoms with Crippen LogP contribution in [-0.4, -0.2) is 25.7 Å². The molecule has 1 fully saturated rings. The highest BCUT2D eigenvalue weighted by atomic mass is 16.5. The van der Waals surface area contributed by atoms with Crippen LogP contribution in [0.25, 0.3) is 6.08 Å². The maximum absolute atomic E-state index is 6.00. The second-order valence-corrected chi connectivity index (χ2v) is 6.14. The van der Waals surface area contributed by atoms with E-state index in [0.717, 1.165) is 22.9 Å². The predicted octanol–water partition coefficient (Wildman–Crippen LogP) is 4.15. The van der Waals surface area contributed by atoms with Crippen molar-refractivity contribution in [2.45, 2.75) is 19.0 Å². The molecule has 4 nitrogen and oxygen atoms in total. The molecular formula is C20H21NO3. The van der Waals surface area contributed by atoms with Gasteiger partial charge in [0.25, 0.3) is 0 Å². The molecule has 4 rings (SSSR count). The van der Waals surface area contributed by atoms with Gasteiger partial charge in [0.15, 0.2) is 17.4 Å². The minimum atomic E-state index is 0.201. The summed E-state index contributed by atoms with van der Waals surface area (Å²) in [7, 11) is 3.33. The Morgan fingerprint density at radius 1 is 1.04 bits per heavy atom. The fourth-order valence-corrected chi connectivity index (χ4v) is 3.66. The number of hydrogen-bond acceptors (Lipinski definition) is 4. The Balaban J connectivity index is 1.77. The fourth-order valence-electron chi connectivity index (χ4n) is 3.66. The lowest BCUT2D eigenvalue weighted by molar-refractivity contribution is 0.203. The molecule has 0 aromatic heterocycles. The van der Waals surface area contributed by atoms with Gasteiger partial charge >= 0.3 is 0 Å². The van der Waals surface area contributed by atoms with Crippen molar-refractivity contribution in [2.24, 2.45) is 0 Å². The van der Waals surface area contributed by atoms with Gasteiger partial charge in [0.1, 0.15) is 6.61 Å². The number of fused-ring (bicyclic) bond motifs is 2. The molecule has 0 aliphatic carbocycles. The fraction of sp³-hybridized carbons (Fsp3) is 0.300. The minimum absolute atomic E-state index is 0.201. The van der Waals surface area contributed by atoms with E-state index >= 15 is 0 Å². The molecule has 0 unspecified atom stereocenters. The van der Waals surface area contributed by atoms with Crippen molar-refractivity contribution >= 4 is 6.08 Å². The zero-order valence-electron chi connectivity index (χ0n) is 14.2. The molecule has 0 bridgehead atoms. The monoisotopic (exact) mass is 323 g/mol. The lowest BCUT2D eigenvalue weighted by Gasteiger charge is -2.35. The van der Waals surface area contributed by atoms with Crippen LogP contribution in [0.1, 0.15) is 35.7 Å². The number of hydrogen-bond donors (Lipinski definition) is 0. The zero-order chi connectivity index (χ0) is 16.7. The second kappa shape index (κ2) is 5.78. The molecule has 0 N–H and O–H groups in total. The summed E-state index contributed by atoms with van der Waals surface area (Å²) in [5.74, 6) is 2.43. The van der Waals surface area contributed by atoms with Crippen LogP contribution in [0.15, 0.2) is 48.3 Å². The molecule has 24 heavy (non-hydrogen) atoms. The van der Waals surface area contributed by atoms with E-state index in [4.69, 9.17) is 14.2 Å². The van der Waals surface area contributed by atoms with E-state index in [9.17, 15) is 0 Å². The van der Waals surface area contributed by atoms with Gasteiger partial charge in [-0.25, -0.2) is 0 Å². The molecule has 0 spiro atoms. The van der Waals surface area contributed by atoms with E-state index in [1.807, 2.05) is 12.1 Å². The summed E-state index contributed by atoms with van der Waals surface area (Å²) in [5, 5.41) is 0. The quantitative estimate of drug-likeness (QED) is 0.849. The number of nitrogens with zero attached hydrogens (tertiary/aromatic N) is 1. The van der Waals surface area contributed by atoms with E-state index in [1.54, 1.807) is 14.2 Å². The summed E-state index contributed by atoms with van der Waals surface area (Å²) in [6.07, 6.45) is 2.10. The molecule has 4 heteroatoms. The van der Waals surface area contributed by atoms with Crippen molar-refractivity contribution in [1.29, 1.82) is 0 Å². The summed E-state index contributed by atoms with van der Waals surface area (Å²) in [6.45, 7) is 2.88. The maximum Gasteiger partial charge on any atom is 0.191 e. The molecule has 2 aliphatic rings. The summed E-state index contributed by atoms with van der Waals surface area (Å²) in [6, 6.07) is 15.0. The van der Waals surface area contributed by atoms with Crippen LogP contribution in [0, 0.1) is 0 Å². The number of benzene rings is 2. The molecule has 1 saturated heterocycles. The first-order valence-electron chi connectivity index (χ1n) is 8.16. The van der Waals surface area contributed by atoms with Crippen LogP contribution >= 0.6 is 0 Å². The van der Waals surface area contributed by atoms with Gasteiger partial charge in [-0.3, -0.25) is 0 Å². The van der Waals surface area contributed by atoms with Gasteiger partial charge in [-0.1, -0.05) is 30.3 Å². The average molecular weight is 323 g/mol. The molecule has 0 radical (unpaired) electrons. The Bertz CT molecular complexity index is 785. The van der Waals surface area contributed by atoms with E-state index in [2.05, 4.69) is 48.2 Å². The van der Waals surface area contributed by atoms with Gasteiger partial charge < -0.3 is 19.1 Å². The molecule has 124 valence electrons. The first-order chi connectivity index (χ1) is 11.7. The Labute approximate surface area is 142 Å². The van der Waals surface area contributed by atoms with Gasteiger partial charge in [0, 0.05) is 6.08 Å². The van der Waals surface area contributed by atoms with Gasteiger partial charge in [-0.05, 0) is 35.7 Å². The van der Waals surface area contributed by atoms with E-state index in [0.29, 0.717) is 6.61 Å². The van der Waals surface area contributed by atoms with Crippen molar-refractivity contribution < 1.29 is 14.2 Å². The number of rotatable bonds is 3. The predicted molar refractivity (Wildman–Crippen MR) is 92.9 cm³/mol. The minimum Gasteiger partial charge on any atom is -0.493 e. The van der Waals surface area contributed by atoms with Gasteiger partial charge in [0.2, 0.25) is 0 Å². The lowest BCUT2D eigenvalue weighted by Crippen LogP contribution is -2.29. The van der Waals surface area contributed by atoms with Crippen molar-refractivity contribution in [3.8, 4) is 11.5 Å². The first kappa shape index (κ1) is 14.9. The Kier molecular flexibility index (Phi) is 3.60. The van der Waals surface area contributed by atoms with Crippen LogP contribution in [0.4, 0.5) is 0 Å². The third-order valence-electron chi connectivity index (χ3n) is 4.90. The Hall–Kier alpha value is -2.62. The highest BCUT2D eigenvalue weighted by molar-refractivity contribution is 5.64. The summed E-state index contributed by atoms with van der Waals surface area (Å²) >= 11 is 0. The SMILES string of the molecule is COc1cc2c(cc1OC)[C@H](C)N1C(=C2)OC[C@H]1c1ccccc1. The topological polar surface area (TPSA) is 30.9 Å². The Morgan fingerprint density at radius 3 is 2.46 bits per heavy atom. The van der Waals surface area contributed by atoms with Gasteiger partial charge in [0.05, 0.1) is 26.3 Å². The Morgan fingerprint density at radius 2 is 1.75 bits per heavy atom. The zero-order valence-corrected chi connectivity index (χ0v) is 14.2. The van der Waals surface area contributed by atoms with E-state index in [1.165, 1.54) is 11.1 Å². The van der Waals surface area contributed by atoms with Crippen molar-refractivity contribution in [3.63, 3.8) is 0 Å². The highest BCUT2D eigenvalue weighted by Gasteiger charge is 2.38. The normalized spacial score (nSPS) is 21.5. The summed E-state index contributed by atoms with van der Waals surface area (Å²) in [4.78, 5) is 2.35. The molecular weight excluding hydrogens is 302 g/mol. The second-order valence-electron chi connectivity index (χ2n) is 6.14. The summed E-state index contributed by atoms with van der Waals surface area (Å²) < 4.78 is 16.9. The van der Waals surface area contributed by atoms with Crippen molar-refractivity contribution in [2.75, 3.05) is 20.8 Å². The number of methoxy groups -OCH3 is 2. The average Bonchev–Trinajstić information content (AvgIpc) is 3.05. The van der Waals surface area contributed by atoms with Crippen LogP contribution < -0.4 is 9.47 Å². The van der Waals surface area contributed by atoms with E-state index < -0.39 is 0 Å². The van der Waals surface area contributed by atoms with E-state index in [-0.39, 0.29) is 12.1 Å². The molecule has 2 aromatic rings. The van der Waals surface area contributed by atoms with Crippen LogP contribution in [0.2, 0.25) is 0 Å². The van der Waals surface area contributed by atoms with Crippen molar-refractivity contribution in [1.82, 2.24) is 4.90 Å². The first-order valence-corrected chi connectivity index (χ1v) is 8.16.